The number of hydrogen-bond donors (Lipinski definition) is 3. The number of nitrogens with two attached hydrogens (primary N) is 1. The number of carboxylic acids is 2. The lowest BCUT2D eigenvalue weighted by atomic mass is 10.5. The van der Waals surface area contributed by atoms with Crippen molar-refractivity contribution < 1.29 is 24.5 Å². The van der Waals surface area contributed by atoms with Gasteiger partial charge in [-0.25, -0.2) is 9.59 Å². The van der Waals surface area contributed by atoms with Gasteiger partial charge in [-0.1, -0.05) is 0 Å². The molecule has 0 bridgehead atoms. The molecule has 0 radical (unpaired) electrons. The molecule has 13 heavy (non-hydrogen) atoms. The molecule has 0 aliphatic heterocycles. The Morgan fingerprint density at radius 1 is 1.31 bits per heavy atom. The van der Waals surface area contributed by atoms with Gasteiger partial charge >= 0.3 is 11.9 Å². The van der Waals surface area contributed by atoms with Crippen LogP contribution in [0.25, 0.3) is 0 Å². The van der Waals surface area contributed by atoms with Crippen LogP contribution in [0.1, 0.15) is 13.8 Å². The first kappa shape index (κ1) is 14.4. The molecule has 0 rings (SSSR count). The van der Waals surface area contributed by atoms with Gasteiger partial charge in [0.05, 0.1) is 12.7 Å². The van der Waals surface area contributed by atoms with Crippen molar-refractivity contribution in [2.45, 2.75) is 20.0 Å². The maximum atomic E-state index is 9.10. The molecule has 4 N–H and O–H groups in total. The third-order valence-corrected chi connectivity index (χ3v) is 0.752. The Morgan fingerprint density at radius 2 is 1.69 bits per heavy atom. The first-order valence-corrected chi connectivity index (χ1v) is 3.69. The van der Waals surface area contributed by atoms with E-state index in [4.69, 9.17) is 30.3 Å². The van der Waals surface area contributed by atoms with E-state index in [0.717, 1.165) is 0 Å². The normalized spacial score (nSPS) is 8.92. The monoisotopic (exact) mass is 193 g/mol. The molecule has 0 aliphatic rings. The molecule has 0 aliphatic carbocycles. The molecular weight excluding hydrogens is 178 g/mol. The maximum Gasteiger partial charge on any atom is 0.414 e. The summed E-state index contributed by atoms with van der Waals surface area (Å²) in [5.41, 5.74) is 5.15. The minimum Gasteiger partial charge on any atom is -0.473 e. The second-order valence-corrected chi connectivity index (χ2v) is 2.32. The van der Waals surface area contributed by atoms with E-state index in [1.807, 2.05) is 13.8 Å². The Balaban J connectivity index is 0. The van der Waals surface area contributed by atoms with Gasteiger partial charge < -0.3 is 20.7 Å². The fourth-order valence-corrected chi connectivity index (χ4v) is 0.304. The molecule has 0 amide bonds. The standard InChI is InChI=1S/C5H13NO.C2H2O4/c1-5(2)7-4-3-6;3-1(4)2(5)6/h5H,3-4,6H2,1-2H3;(H,3,4)(H,5,6). The van der Waals surface area contributed by atoms with Gasteiger partial charge in [-0.05, 0) is 13.8 Å². The number of aliphatic carboxylic acids is 2. The molecule has 0 fully saturated rings. The van der Waals surface area contributed by atoms with Crippen molar-refractivity contribution in [2.24, 2.45) is 5.73 Å². The largest absolute Gasteiger partial charge is 0.473 e. The molecule has 78 valence electrons. The third kappa shape index (κ3) is 18.1. The van der Waals surface area contributed by atoms with E-state index in [-0.39, 0.29) is 0 Å². The van der Waals surface area contributed by atoms with Crippen molar-refractivity contribution in [1.82, 2.24) is 0 Å². The van der Waals surface area contributed by atoms with Crippen LogP contribution >= 0.6 is 0 Å². The predicted molar refractivity (Wildman–Crippen MR) is 45.4 cm³/mol. The van der Waals surface area contributed by atoms with Crippen LogP contribution in [-0.4, -0.2) is 41.4 Å². The number of hydrogen-bond acceptors (Lipinski definition) is 4. The minimum absolute atomic E-state index is 0.323. The summed E-state index contributed by atoms with van der Waals surface area (Å²) in [6.07, 6.45) is 0.323. The zero-order valence-electron chi connectivity index (χ0n) is 7.69. The van der Waals surface area contributed by atoms with Gasteiger partial charge in [0.1, 0.15) is 0 Å². The van der Waals surface area contributed by atoms with Gasteiger partial charge in [0.25, 0.3) is 0 Å². The van der Waals surface area contributed by atoms with Crippen molar-refractivity contribution in [3.63, 3.8) is 0 Å². The quantitative estimate of drug-likeness (QED) is 0.522. The molecule has 0 aromatic rings. The fourth-order valence-electron chi connectivity index (χ4n) is 0.304. The zero-order chi connectivity index (χ0) is 10.9. The van der Waals surface area contributed by atoms with Crippen molar-refractivity contribution in [2.75, 3.05) is 13.2 Å². The molecule has 0 aromatic heterocycles. The van der Waals surface area contributed by atoms with Crippen molar-refractivity contribution in [3.8, 4) is 0 Å². The molecule has 0 saturated heterocycles. The van der Waals surface area contributed by atoms with Gasteiger partial charge in [0.15, 0.2) is 0 Å². The Bertz CT molecular complexity index is 145. The first-order chi connectivity index (χ1) is 5.91. The first-order valence-electron chi connectivity index (χ1n) is 3.69. The lowest BCUT2D eigenvalue weighted by molar-refractivity contribution is -0.159. The topological polar surface area (TPSA) is 110 Å². The molecule has 0 aromatic carbocycles. The summed E-state index contributed by atoms with van der Waals surface area (Å²) >= 11 is 0. The highest BCUT2D eigenvalue weighted by molar-refractivity contribution is 6.27. The summed E-state index contributed by atoms with van der Waals surface area (Å²) in [7, 11) is 0. The van der Waals surface area contributed by atoms with E-state index in [2.05, 4.69) is 0 Å². The number of carbonyl (C=O) groups is 2. The number of carboxylic acid groups (broad SMARTS) is 2. The predicted octanol–water partition coefficient (Wildman–Crippen LogP) is -0.474. The van der Waals surface area contributed by atoms with Crippen LogP contribution in [0.4, 0.5) is 0 Å². The van der Waals surface area contributed by atoms with Gasteiger partial charge in [0, 0.05) is 6.54 Å². The van der Waals surface area contributed by atoms with Crippen LogP contribution in [0.15, 0.2) is 0 Å². The van der Waals surface area contributed by atoms with E-state index in [9.17, 15) is 0 Å². The summed E-state index contributed by atoms with van der Waals surface area (Å²) < 4.78 is 5.07. The lowest BCUT2D eigenvalue weighted by Crippen LogP contribution is -2.12. The molecule has 0 saturated carbocycles. The summed E-state index contributed by atoms with van der Waals surface area (Å²) in [6, 6.07) is 0. The molecule has 0 heterocycles. The summed E-state index contributed by atoms with van der Waals surface area (Å²) in [4.78, 5) is 18.2. The summed E-state index contributed by atoms with van der Waals surface area (Å²) in [5.74, 6) is -3.65. The highest BCUT2D eigenvalue weighted by Gasteiger charge is 2.04. The molecule has 0 atom stereocenters. The van der Waals surface area contributed by atoms with Gasteiger partial charge in [-0.15, -0.1) is 0 Å². The number of rotatable bonds is 3. The zero-order valence-corrected chi connectivity index (χ0v) is 7.69. The SMILES string of the molecule is CC(C)OCCN.O=C(O)C(=O)O. The molecule has 0 spiro atoms. The van der Waals surface area contributed by atoms with Gasteiger partial charge in [0.2, 0.25) is 0 Å². The third-order valence-electron chi connectivity index (χ3n) is 0.752. The van der Waals surface area contributed by atoms with E-state index >= 15 is 0 Å². The lowest BCUT2D eigenvalue weighted by Gasteiger charge is -2.03. The highest BCUT2D eigenvalue weighted by atomic mass is 16.5. The van der Waals surface area contributed by atoms with Crippen LogP contribution in [-0.2, 0) is 14.3 Å². The van der Waals surface area contributed by atoms with Gasteiger partial charge in [-0.2, -0.15) is 0 Å². The van der Waals surface area contributed by atoms with E-state index in [0.29, 0.717) is 19.3 Å². The van der Waals surface area contributed by atoms with Crippen LogP contribution < -0.4 is 5.73 Å². The minimum atomic E-state index is -1.82. The van der Waals surface area contributed by atoms with Gasteiger partial charge in [-0.3, -0.25) is 0 Å². The average Bonchev–Trinajstić information content (AvgIpc) is 2.01. The second kappa shape index (κ2) is 8.95. The van der Waals surface area contributed by atoms with Crippen LogP contribution in [0.5, 0.6) is 0 Å². The van der Waals surface area contributed by atoms with Crippen molar-refractivity contribution in [1.29, 1.82) is 0 Å². The van der Waals surface area contributed by atoms with Crippen molar-refractivity contribution in [3.05, 3.63) is 0 Å². The van der Waals surface area contributed by atoms with E-state index in [1.165, 1.54) is 0 Å². The Morgan fingerprint density at radius 3 is 1.77 bits per heavy atom. The summed E-state index contributed by atoms with van der Waals surface area (Å²) in [6.45, 7) is 5.29. The fraction of sp³-hybridized carbons (Fsp3) is 0.714. The Labute approximate surface area is 76.3 Å². The molecule has 0 unspecified atom stereocenters. The van der Waals surface area contributed by atoms with Crippen LogP contribution in [0, 0.1) is 0 Å². The van der Waals surface area contributed by atoms with Crippen LogP contribution in [0.3, 0.4) is 0 Å². The smallest absolute Gasteiger partial charge is 0.414 e. The second-order valence-electron chi connectivity index (χ2n) is 2.32. The Hall–Kier alpha value is -1.14. The van der Waals surface area contributed by atoms with E-state index < -0.39 is 11.9 Å². The Kier molecular flexibility index (Phi) is 9.91. The maximum absolute atomic E-state index is 9.10. The molecule has 6 nitrogen and oxygen atoms in total. The number of ether oxygens (including phenoxy) is 1. The average molecular weight is 193 g/mol. The molecular formula is C7H15NO5. The summed E-state index contributed by atoms with van der Waals surface area (Å²) in [5, 5.41) is 14.8. The van der Waals surface area contributed by atoms with Crippen LogP contribution in [0.2, 0.25) is 0 Å². The highest BCUT2D eigenvalue weighted by Crippen LogP contribution is 1.83. The van der Waals surface area contributed by atoms with Crippen molar-refractivity contribution >= 4 is 11.9 Å². The van der Waals surface area contributed by atoms with E-state index in [1.54, 1.807) is 0 Å². The molecule has 6 heteroatoms.